The zero-order valence-corrected chi connectivity index (χ0v) is 12.2. The third kappa shape index (κ3) is 3.88. The van der Waals surface area contributed by atoms with Crippen LogP contribution in [0.5, 0.6) is 0 Å². The lowest BCUT2D eigenvalue weighted by atomic mass is 9.99. The van der Waals surface area contributed by atoms with Gasteiger partial charge in [0.2, 0.25) is 5.91 Å². The Balaban J connectivity index is 1.85. The number of aliphatic carboxylic acids is 1. The molecule has 2 aliphatic rings. The van der Waals surface area contributed by atoms with E-state index in [-0.39, 0.29) is 23.6 Å². The van der Waals surface area contributed by atoms with Crippen LogP contribution in [0, 0.1) is 0 Å². The van der Waals surface area contributed by atoms with E-state index in [2.05, 4.69) is 0 Å². The average Bonchev–Trinajstić information content (AvgIpc) is 2.81. The fraction of sp³-hybridized carbons (Fsp3) is 0.769. The molecule has 112 valence electrons. The molecule has 1 N–H and O–H groups in total. The SMILES string of the molecule is O=C(O)CC1CCCCN1C(=O)CCN1CCSC1=O. The molecule has 2 aliphatic heterocycles. The van der Waals surface area contributed by atoms with Crippen LogP contribution in [0.25, 0.3) is 0 Å². The van der Waals surface area contributed by atoms with Crippen molar-refractivity contribution in [2.75, 3.05) is 25.4 Å². The minimum atomic E-state index is -0.860. The molecule has 6 nitrogen and oxygen atoms in total. The zero-order valence-electron chi connectivity index (χ0n) is 11.4. The van der Waals surface area contributed by atoms with E-state index >= 15 is 0 Å². The molecule has 0 saturated carbocycles. The summed E-state index contributed by atoms with van der Waals surface area (Å²) in [6, 6.07) is -0.183. The number of rotatable bonds is 5. The Labute approximate surface area is 122 Å². The van der Waals surface area contributed by atoms with Crippen LogP contribution < -0.4 is 0 Å². The first-order chi connectivity index (χ1) is 9.58. The Morgan fingerprint density at radius 3 is 2.75 bits per heavy atom. The number of piperidine rings is 1. The number of hydrogen-bond donors (Lipinski definition) is 1. The maximum absolute atomic E-state index is 12.2. The number of thioether (sulfide) groups is 1. The largest absolute Gasteiger partial charge is 0.481 e. The van der Waals surface area contributed by atoms with E-state index in [0.717, 1.165) is 25.0 Å². The summed E-state index contributed by atoms with van der Waals surface area (Å²) in [5.74, 6) is -0.0975. The predicted molar refractivity (Wildman–Crippen MR) is 75.6 cm³/mol. The zero-order chi connectivity index (χ0) is 14.5. The third-order valence-electron chi connectivity index (χ3n) is 3.80. The molecule has 0 aromatic rings. The van der Waals surface area contributed by atoms with Gasteiger partial charge in [-0.05, 0) is 19.3 Å². The van der Waals surface area contributed by atoms with Gasteiger partial charge in [-0.2, -0.15) is 0 Å². The summed E-state index contributed by atoms with van der Waals surface area (Å²) < 4.78 is 0. The van der Waals surface area contributed by atoms with Crippen molar-refractivity contribution in [3.05, 3.63) is 0 Å². The fourth-order valence-corrected chi connectivity index (χ4v) is 3.60. The second kappa shape index (κ2) is 6.97. The van der Waals surface area contributed by atoms with Gasteiger partial charge in [-0.1, -0.05) is 11.8 Å². The monoisotopic (exact) mass is 300 g/mol. The second-order valence-electron chi connectivity index (χ2n) is 5.19. The standard InChI is InChI=1S/C13H20N2O4S/c16-11(4-6-14-7-8-20-13(14)19)15-5-2-1-3-10(15)9-12(17)18/h10H,1-9H2,(H,17,18). The van der Waals surface area contributed by atoms with Gasteiger partial charge in [0.15, 0.2) is 0 Å². The van der Waals surface area contributed by atoms with E-state index in [9.17, 15) is 14.4 Å². The molecule has 2 saturated heterocycles. The number of likely N-dealkylation sites (tertiary alicyclic amines) is 1. The van der Waals surface area contributed by atoms with Crippen molar-refractivity contribution in [3.8, 4) is 0 Å². The van der Waals surface area contributed by atoms with Crippen LogP contribution in [0.3, 0.4) is 0 Å². The molecule has 2 fully saturated rings. The Hall–Kier alpha value is -1.24. The molecule has 2 amide bonds. The van der Waals surface area contributed by atoms with Gasteiger partial charge in [0.25, 0.3) is 5.24 Å². The Morgan fingerprint density at radius 1 is 1.30 bits per heavy atom. The summed E-state index contributed by atoms with van der Waals surface area (Å²) in [5, 5.41) is 8.95. The average molecular weight is 300 g/mol. The van der Waals surface area contributed by atoms with Crippen molar-refractivity contribution in [3.63, 3.8) is 0 Å². The molecule has 0 aromatic carbocycles. The number of hydrogen-bond acceptors (Lipinski definition) is 4. The number of carbonyl (C=O) groups is 3. The fourth-order valence-electron chi connectivity index (χ4n) is 2.75. The van der Waals surface area contributed by atoms with Crippen LogP contribution in [0.4, 0.5) is 4.79 Å². The summed E-state index contributed by atoms with van der Waals surface area (Å²) in [6.45, 7) is 1.79. The Bertz CT molecular complexity index is 402. The molecule has 20 heavy (non-hydrogen) atoms. The van der Waals surface area contributed by atoms with Gasteiger partial charge in [0, 0.05) is 37.8 Å². The first-order valence-electron chi connectivity index (χ1n) is 7.01. The molecular formula is C13H20N2O4S. The predicted octanol–water partition coefficient (Wildman–Crippen LogP) is 1.40. The molecule has 0 aliphatic carbocycles. The van der Waals surface area contributed by atoms with Crippen molar-refractivity contribution in [1.29, 1.82) is 0 Å². The number of carboxylic acids is 1. The van der Waals surface area contributed by atoms with Gasteiger partial charge in [-0.15, -0.1) is 0 Å². The minimum absolute atomic E-state index is 0.0181. The van der Waals surface area contributed by atoms with Gasteiger partial charge in [0.05, 0.1) is 6.42 Å². The first kappa shape index (κ1) is 15.2. The molecule has 2 heterocycles. The van der Waals surface area contributed by atoms with Gasteiger partial charge >= 0.3 is 5.97 Å². The molecule has 7 heteroatoms. The summed E-state index contributed by atoms with van der Waals surface area (Å²) in [5.41, 5.74) is 0. The lowest BCUT2D eigenvalue weighted by Gasteiger charge is -2.35. The van der Waals surface area contributed by atoms with Crippen LogP contribution in [-0.2, 0) is 9.59 Å². The number of nitrogens with zero attached hydrogens (tertiary/aromatic N) is 2. The molecule has 2 rings (SSSR count). The van der Waals surface area contributed by atoms with Gasteiger partial charge in [-0.3, -0.25) is 14.4 Å². The lowest BCUT2D eigenvalue weighted by Crippen LogP contribution is -2.45. The maximum atomic E-state index is 12.2. The van der Waals surface area contributed by atoms with E-state index in [1.54, 1.807) is 9.80 Å². The van der Waals surface area contributed by atoms with Crippen molar-refractivity contribution in [2.24, 2.45) is 0 Å². The smallest absolute Gasteiger partial charge is 0.305 e. The van der Waals surface area contributed by atoms with Crippen molar-refractivity contribution in [1.82, 2.24) is 9.80 Å². The third-order valence-corrected chi connectivity index (χ3v) is 4.69. The number of carboxylic acid groups (broad SMARTS) is 1. The van der Waals surface area contributed by atoms with E-state index < -0.39 is 5.97 Å². The number of amides is 2. The summed E-state index contributed by atoms with van der Waals surface area (Å²) in [4.78, 5) is 37.9. The van der Waals surface area contributed by atoms with E-state index in [1.807, 2.05) is 0 Å². The summed E-state index contributed by atoms with van der Waals surface area (Å²) >= 11 is 1.29. The van der Waals surface area contributed by atoms with Crippen LogP contribution in [0.2, 0.25) is 0 Å². The van der Waals surface area contributed by atoms with E-state index in [4.69, 9.17) is 5.11 Å². The molecule has 0 aromatic heterocycles. The highest BCUT2D eigenvalue weighted by Crippen LogP contribution is 2.22. The van der Waals surface area contributed by atoms with Crippen LogP contribution in [0.15, 0.2) is 0 Å². The highest BCUT2D eigenvalue weighted by molar-refractivity contribution is 8.13. The van der Waals surface area contributed by atoms with Gasteiger partial charge < -0.3 is 14.9 Å². The molecule has 0 bridgehead atoms. The van der Waals surface area contributed by atoms with Crippen LogP contribution >= 0.6 is 11.8 Å². The minimum Gasteiger partial charge on any atom is -0.481 e. The van der Waals surface area contributed by atoms with Crippen molar-refractivity contribution in [2.45, 2.75) is 38.1 Å². The topological polar surface area (TPSA) is 77.9 Å². The van der Waals surface area contributed by atoms with Crippen LogP contribution in [-0.4, -0.2) is 63.5 Å². The van der Waals surface area contributed by atoms with Crippen LogP contribution in [0.1, 0.15) is 32.1 Å². The highest BCUT2D eigenvalue weighted by atomic mass is 32.2. The second-order valence-corrected chi connectivity index (χ2v) is 6.23. The van der Waals surface area contributed by atoms with E-state index in [0.29, 0.717) is 26.1 Å². The molecule has 1 unspecified atom stereocenters. The maximum Gasteiger partial charge on any atom is 0.305 e. The molecule has 0 spiro atoms. The van der Waals surface area contributed by atoms with Gasteiger partial charge in [0.1, 0.15) is 0 Å². The quantitative estimate of drug-likeness (QED) is 0.830. The van der Waals surface area contributed by atoms with Crippen molar-refractivity contribution >= 4 is 28.9 Å². The first-order valence-corrected chi connectivity index (χ1v) is 7.99. The van der Waals surface area contributed by atoms with Gasteiger partial charge in [-0.25, -0.2) is 0 Å². The molecule has 0 radical (unpaired) electrons. The number of carbonyl (C=O) groups excluding carboxylic acids is 2. The van der Waals surface area contributed by atoms with E-state index in [1.165, 1.54) is 11.8 Å². The summed E-state index contributed by atoms with van der Waals surface area (Å²) in [6.07, 6.45) is 2.98. The molecule has 1 atom stereocenters. The summed E-state index contributed by atoms with van der Waals surface area (Å²) in [7, 11) is 0. The Kier molecular flexibility index (Phi) is 5.28. The highest BCUT2D eigenvalue weighted by Gasteiger charge is 2.29. The molecular weight excluding hydrogens is 280 g/mol. The van der Waals surface area contributed by atoms with Crippen molar-refractivity contribution < 1.29 is 19.5 Å². The lowest BCUT2D eigenvalue weighted by molar-refractivity contribution is -0.142. The Morgan fingerprint density at radius 2 is 2.10 bits per heavy atom. The normalized spacial score (nSPS) is 23.2.